The zero-order valence-electron chi connectivity index (χ0n) is 12.3. The van der Waals surface area contributed by atoms with Gasteiger partial charge >= 0.3 is 5.97 Å². The smallest absolute Gasteiger partial charge is 0.324 e. The number of anilines is 1. The molecule has 1 aromatic rings. The van der Waals surface area contributed by atoms with Crippen molar-refractivity contribution in [2.24, 2.45) is 5.92 Å². The van der Waals surface area contributed by atoms with E-state index in [1.807, 2.05) is 13.0 Å². The van der Waals surface area contributed by atoms with Crippen LogP contribution in [0.5, 0.6) is 0 Å². The summed E-state index contributed by atoms with van der Waals surface area (Å²) < 4.78 is 31.1. The number of hydrogen-bond donors (Lipinski definition) is 1. The molecule has 0 amide bonds. The van der Waals surface area contributed by atoms with Gasteiger partial charge in [-0.1, -0.05) is 25.5 Å². The Morgan fingerprint density at radius 2 is 2.05 bits per heavy atom. The molecule has 0 radical (unpaired) electrons. The van der Waals surface area contributed by atoms with Gasteiger partial charge in [0.2, 0.25) is 10.0 Å². The topological polar surface area (TPSA) is 96.3 Å². The first-order valence-electron chi connectivity index (χ1n) is 7.13. The lowest BCUT2D eigenvalue weighted by atomic mass is 9.89. The summed E-state index contributed by atoms with van der Waals surface area (Å²) in [4.78, 5) is 11.4. The summed E-state index contributed by atoms with van der Waals surface area (Å²) in [5, 5.41) is 9.02. The Balaban J connectivity index is 2.08. The number of hydrogen-bond acceptors (Lipinski definition) is 5. The second kappa shape index (κ2) is 6.79. The van der Waals surface area contributed by atoms with E-state index in [1.165, 1.54) is 0 Å². The van der Waals surface area contributed by atoms with E-state index in [0.717, 1.165) is 12.0 Å². The highest BCUT2D eigenvalue weighted by molar-refractivity contribution is 7.92. The molecule has 2 atom stereocenters. The number of sulfonamides is 1. The van der Waals surface area contributed by atoms with E-state index >= 15 is 0 Å². The van der Waals surface area contributed by atoms with Crippen molar-refractivity contribution in [3.8, 4) is 6.07 Å². The number of nitriles is 1. The molecule has 1 aliphatic rings. The normalized spacial score (nSPS) is 21.2. The summed E-state index contributed by atoms with van der Waals surface area (Å²) in [6, 6.07) is 8.66. The van der Waals surface area contributed by atoms with E-state index < -0.39 is 21.9 Å². The molecule has 22 heavy (non-hydrogen) atoms. The van der Waals surface area contributed by atoms with Crippen LogP contribution in [0.2, 0.25) is 0 Å². The van der Waals surface area contributed by atoms with Crippen LogP contribution < -0.4 is 4.72 Å². The van der Waals surface area contributed by atoms with Crippen molar-refractivity contribution >= 4 is 21.7 Å². The minimum Gasteiger partial charge on any atom is -0.464 e. The summed E-state index contributed by atoms with van der Waals surface area (Å²) in [6.45, 7) is 2.11. The Hall–Kier alpha value is -2.07. The maximum atomic E-state index is 11.8. The quantitative estimate of drug-likeness (QED) is 0.808. The first kappa shape index (κ1) is 16.3. The molecule has 0 spiro atoms. The molecule has 7 heteroatoms. The van der Waals surface area contributed by atoms with Crippen LogP contribution in [-0.2, 0) is 19.6 Å². The highest BCUT2D eigenvalue weighted by Crippen LogP contribution is 2.32. The van der Waals surface area contributed by atoms with E-state index in [1.54, 1.807) is 24.3 Å². The van der Waals surface area contributed by atoms with Crippen LogP contribution in [0.25, 0.3) is 0 Å². The number of nitrogens with one attached hydrogen (secondary N) is 1. The second-order valence-corrected chi connectivity index (χ2v) is 7.08. The molecule has 1 N–H and O–H groups in total. The number of nitrogens with zero attached hydrogens (tertiary/aromatic N) is 1. The van der Waals surface area contributed by atoms with Gasteiger partial charge in [-0.05, 0) is 24.1 Å². The molecule has 6 nitrogen and oxygen atoms in total. The van der Waals surface area contributed by atoms with Gasteiger partial charge in [-0.2, -0.15) is 5.26 Å². The maximum Gasteiger partial charge on any atom is 0.324 e. The maximum absolute atomic E-state index is 11.8. The van der Waals surface area contributed by atoms with Gasteiger partial charge in [-0.3, -0.25) is 9.52 Å². The third-order valence-corrected chi connectivity index (χ3v) is 4.95. The number of carbonyl (C=O) groups is 1. The average Bonchev–Trinajstić information content (AvgIpc) is 2.86. The number of benzene rings is 1. The molecule has 2 rings (SSSR count). The van der Waals surface area contributed by atoms with Crippen LogP contribution in [0, 0.1) is 17.2 Å². The van der Waals surface area contributed by atoms with Crippen molar-refractivity contribution in [1.29, 1.82) is 5.26 Å². The lowest BCUT2D eigenvalue weighted by molar-refractivity contribution is -0.139. The molecule has 2 unspecified atom stereocenters. The predicted octanol–water partition coefficient (Wildman–Crippen LogP) is 2.01. The summed E-state index contributed by atoms with van der Waals surface area (Å²) in [5.41, 5.74) is 1.26. The van der Waals surface area contributed by atoms with Gasteiger partial charge in [0.15, 0.2) is 5.92 Å². The number of cyclic esters (lactones) is 1. The van der Waals surface area contributed by atoms with Gasteiger partial charge in [0.1, 0.15) is 6.61 Å². The van der Waals surface area contributed by atoms with Crippen molar-refractivity contribution in [3.05, 3.63) is 29.8 Å². The van der Waals surface area contributed by atoms with Crippen LogP contribution in [0.1, 0.15) is 31.2 Å². The first-order valence-corrected chi connectivity index (χ1v) is 8.79. The Kier molecular flexibility index (Phi) is 5.03. The molecule has 0 aliphatic carbocycles. The van der Waals surface area contributed by atoms with Crippen LogP contribution in [0.15, 0.2) is 24.3 Å². The Labute approximate surface area is 130 Å². The van der Waals surface area contributed by atoms with E-state index in [4.69, 9.17) is 10.00 Å². The van der Waals surface area contributed by atoms with Crippen LogP contribution in [-0.4, -0.2) is 26.7 Å². The average molecular weight is 322 g/mol. The molecule has 1 heterocycles. The lowest BCUT2D eigenvalue weighted by Gasteiger charge is -2.12. The Bertz CT molecular complexity index is 676. The first-order chi connectivity index (χ1) is 10.5. The largest absolute Gasteiger partial charge is 0.464 e. The number of carbonyl (C=O) groups excluding carboxylic acids is 1. The van der Waals surface area contributed by atoms with E-state index in [9.17, 15) is 13.2 Å². The third kappa shape index (κ3) is 3.77. The fourth-order valence-corrected chi connectivity index (χ4v) is 3.58. The van der Waals surface area contributed by atoms with Crippen molar-refractivity contribution < 1.29 is 17.9 Å². The van der Waals surface area contributed by atoms with Crippen molar-refractivity contribution in [2.45, 2.75) is 25.7 Å². The Morgan fingerprint density at radius 1 is 1.36 bits per heavy atom. The minimum absolute atomic E-state index is 0.0900. The lowest BCUT2D eigenvalue weighted by Crippen LogP contribution is -2.16. The highest BCUT2D eigenvalue weighted by Gasteiger charge is 2.38. The van der Waals surface area contributed by atoms with Gasteiger partial charge < -0.3 is 4.74 Å². The molecule has 1 saturated heterocycles. The van der Waals surface area contributed by atoms with Crippen molar-refractivity contribution in [3.63, 3.8) is 0 Å². The molecule has 1 fully saturated rings. The highest BCUT2D eigenvalue weighted by atomic mass is 32.2. The summed E-state index contributed by atoms with van der Waals surface area (Å²) >= 11 is 0. The molecule has 0 bridgehead atoms. The number of rotatable bonds is 6. The summed E-state index contributed by atoms with van der Waals surface area (Å²) in [5.74, 6) is -1.51. The molecule has 118 valence electrons. The predicted molar refractivity (Wildman–Crippen MR) is 81.6 cm³/mol. The van der Waals surface area contributed by atoms with Gasteiger partial charge in [0.05, 0.1) is 11.8 Å². The van der Waals surface area contributed by atoms with Crippen LogP contribution in [0.3, 0.4) is 0 Å². The second-order valence-electron chi connectivity index (χ2n) is 5.24. The van der Waals surface area contributed by atoms with Crippen LogP contribution >= 0.6 is 0 Å². The third-order valence-electron chi connectivity index (χ3n) is 3.58. The molecular weight excluding hydrogens is 304 g/mol. The molecule has 0 aromatic heterocycles. The zero-order chi connectivity index (χ0) is 16.2. The number of ether oxygens (including phenoxy) is 1. The monoisotopic (exact) mass is 322 g/mol. The minimum atomic E-state index is -3.33. The fourth-order valence-electron chi connectivity index (χ4n) is 2.32. The van der Waals surface area contributed by atoms with E-state index in [0.29, 0.717) is 12.1 Å². The van der Waals surface area contributed by atoms with Gasteiger partial charge in [0, 0.05) is 11.6 Å². The Morgan fingerprint density at radius 3 is 2.64 bits per heavy atom. The van der Waals surface area contributed by atoms with E-state index in [2.05, 4.69) is 4.72 Å². The van der Waals surface area contributed by atoms with Gasteiger partial charge in [-0.15, -0.1) is 0 Å². The number of unbranched alkanes of at least 4 members (excludes halogenated alkanes) is 1. The zero-order valence-corrected chi connectivity index (χ0v) is 13.1. The fraction of sp³-hybridized carbons (Fsp3) is 0.467. The van der Waals surface area contributed by atoms with Crippen LogP contribution in [0.4, 0.5) is 5.69 Å². The SMILES string of the molecule is CCCCS(=O)(=O)Nc1ccc(C2COC(=O)C2C#N)cc1. The summed E-state index contributed by atoms with van der Waals surface area (Å²) in [7, 11) is -3.33. The summed E-state index contributed by atoms with van der Waals surface area (Å²) in [6.07, 6.45) is 1.42. The van der Waals surface area contributed by atoms with Gasteiger partial charge in [0.25, 0.3) is 0 Å². The molecule has 0 saturated carbocycles. The van der Waals surface area contributed by atoms with Gasteiger partial charge in [-0.25, -0.2) is 8.42 Å². The molecular formula is C15H18N2O4S. The molecule has 1 aliphatic heterocycles. The molecule has 1 aromatic carbocycles. The van der Waals surface area contributed by atoms with Crippen molar-refractivity contribution in [2.75, 3.05) is 17.1 Å². The standard InChI is InChI=1S/C15H18N2O4S/c1-2-3-8-22(19,20)17-12-6-4-11(5-7-12)14-10-21-15(18)13(14)9-16/h4-7,13-14,17H,2-3,8,10H2,1H3. The van der Waals surface area contributed by atoms with E-state index in [-0.39, 0.29) is 18.3 Å². The van der Waals surface area contributed by atoms with Crippen molar-refractivity contribution in [1.82, 2.24) is 0 Å². The number of esters is 1.